The van der Waals surface area contributed by atoms with Crippen molar-refractivity contribution in [1.82, 2.24) is 15.4 Å². The first-order valence-electron chi connectivity index (χ1n) is 6.95. The van der Waals surface area contributed by atoms with Gasteiger partial charge in [0.2, 0.25) is 0 Å². The molecular formula is C11H20N4O7S. The SMILES string of the molecule is CC1(C)CC(C(=O)NOCCN)N2CC1N(OS(=O)(=O)O)C2=O. The Morgan fingerprint density at radius 3 is 2.74 bits per heavy atom. The van der Waals surface area contributed by atoms with Crippen molar-refractivity contribution < 1.29 is 31.7 Å². The lowest BCUT2D eigenvalue weighted by molar-refractivity contribution is -0.140. The van der Waals surface area contributed by atoms with Crippen molar-refractivity contribution in [2.75, 3.05) is 19.7 Å². The van der Waals surface area contributed by atoms with Crippen molar-refractivity contribution in [3.8, 4) is 0 Å². The number of nitrogens with zero attached hydrogens (tertiary/aromatic N) is 2. The maximum atomic E-state index is 12.3. The van der Waals surface area contributed by atoms with Crippen LogP contribution in [-0.2, 0) is 24.3 Å². The summed E-state index contributed by atoms with van der Waals surface area (Å²) < 4.78 is 35.1. The van der Waals surface area contributed by atoms with E-state index in [0.717, 1.165) is 0 Å². The molecule has 0 aromatic heterocycles. The molecule has 0 aromatic rings. The predicted molar refractivity (Wildman–Crippen MR) is 75.7 cm³/mol. The topological polar surface area (TPSA) is 151 Å². The Kier molecular flexibility index (Phi) is 4.82. The van der Waals surface area contributed by atoms with E-state index in [2.05, 4.69) is 9.76 Å². The zero-order valence-electron chi connectivity index (χ0n) is 12.8. The number of rotatable bonds is 6. The van der Waals surface area contributed by atoms with Crippen LogP contribution in [0.5, 0.6) is 0 Å². The number of nitrogens with two attached hydrogens (primary N) is 1. The quantitative estimate of drug-likeness (QED) is 0.301. The van der Waals surface area contributed by atoms with E-state index in [4.69, 9.17) is 15.1 Å². The van der Waals surface area contributed by atoms with E-state index in [-0.39, 0.29) is 26.1 Å². The first-order chi connectivity index (χ1) is 10.6. The van der Waals surface area contributed by atoms with Crippen LogP contribution in [0, 0.1) is 5.41 Å². The molecule has 3 amide bonds. The minimum Gasteiger partial charge on any atom is -0.328 e. The minimum atomic E-state index is -4.85. The fourth-order valence-electron chi connectivity index (χ4n) is 2.84. The molecule has 2 unspecified atom stereocenters. The van der Waals surface area contributed by atoms with E-state index in [1.54, 1.807) is 13.8 Å². The van der Waals surface area contributed by atoms with Crippen molar-refractivity contribution >= 4 is 22.3 Å². The Morgan fingerprint density at radius 1 is 1.52 bits per heavy atom. The second-order valence-corrected chi connectivity index (χ2v) is 7.10. The zero-order chi connectivity index (χ0) is 17.4. The largest absolute Gasteiger partial charge is 0.418 e. The summed E-state index contributed by atoms with van der Waals surface area (Å²) in [6.07, 6.45) is 0.270. The highest BCUT2D eigenvalue weighted by molar-refractivity contribution is 7.80. The van der Waals surface area contributed by atoms with E-state index >= 15 is 0 Å². The van der Waals surface area contributed by atoms with Gasteiger partial charge in [-0.15, -0.1) is 4.28 Å². The predicted octanol–water partition coefficient (Wildman–Crippen LogP) is -1.37. The molecular weight excluding hydrogens is 332 g/mol. The number of hydrogen-bond acceptors (Lipinski definition) is 7. The number of carbonyl (C=O) groups is 2. The maximum absolute atomic E-state index is 12.3. The van der Waals surface area contributed by atoms with Crippen LogP contribution in [0.15, 0.2) is 0 Å². The number of hydrogen-bond donors (Lipinski definition) is 3. The third-order valence-electron chi connectivity index (χ3n) is 3.95. The summed E-state index contributed by atoms with van der Waals surface area (Å²) in [5, 5.41) is 0.601. The Balaban J connectivity index is 2.19. The maximum Gasteiger partial charge on any atom is 0.418 e. The van der Waals surface area contributed by atoms with Gasteiger partial charge in [-0.1, -0.05) is 13.8 Å². The third-order valence-corrected chi connectivity index (χ3v) is 4.30. The smallest absolute Gasteiger partial charge is 0.328 e. The van der Waals surface area contributed by atoms with E-state index < -0.39 is 39.8 Å². The summed E-state index contributed by atoms with van der Waals surface area (Å²) in [6, 6.07) is -2.27. The molecule has 4 N–H and O–H groups in total. The van der Waals surface area contributed by atoms with Crippen LogP contribution in [0.4, 0.5) is 4.79 Å². The van der Waals surface area contributed by atoms with E-state index in [9.17, 15) is 18.0 Å². The molecule has 11 nitrogen and oxygen atoms in total. The third kappa shape index (κ3) is 3.72. The van der Waals surface area contributed by atoms with Gasteiger partial charge in [-0.05, 0) is 11.8 Å². The molecule has 2 aliphatic rings. The number of nitrogens with one attached hydrogen (secondary N) is 1. The fraction of sp³-hybridized carbons (Fsp3) is 0.818. The number of carbonyl (C=O) groups excluding carboxylic acids is 2. The van der Waals surface area contributed by atoms with Crippen LogP contribution in [0.2, 0.25) is 0 Å². The van der Waals surface area contributed by atoms with Gasteiger partial charge >= 0.3 is 16.4 Å². The molecule has 2 saturated heterocycles. The summed E-state index contributed by atoms with van der Waals surface area (Å²) in [4.78, 5) is 30.6. The van der Waals surface area contributed by atoms with E-state index in [1.165, 1.54) is 4.90 Å². The molecule has 2 rings (SSSR count). The Morgan fingerprint density at radius 2 is 2.17 bits per heavy atom. The standard InChI is InChI=1S/C11H20N4O7S/c1-11(2)5-7(9(16)13-21-4-3-12)14-6-8(11)15(10(14)17)22-23(18,19)20/h7-8H,3-6,12H2,1-2H3,(H,13,16)(H,18,19,20). The van der Waals surface area contributed by atoms with Crippen LogP contribution in [0.3, 0.4) is 0 Å². The van der Waals surface area contributed by atoms with Gasteiger partial charge in [0, 0.05) is 13.1 Å². The highest BCUT2D eigenvalue weighted by Gasteiger charge is 2.56. The van der Waals surface area contributed by atoms with Crippen LogP contribution in [0.25, 0.3) is 0 Å². The van der Waals surface area contributed by atoms with Gasteiger partial charge in [0.1, 0.15) is 6.04 Å². The van der Waals surface area contributed by atoms with Crippen molar-refractivity contribution in [1.29, 1.82) is 0 Å². The Bertz CT molecular complexity index is 593. The lowest BCUT2D eigenvalue weighted by Gasteiger charge is -2.40. The first-order valence-corrected chi connectivity index (χ1v) is 8.32. The normalized spacial score (nSPS) is 26.5. The molecule has 2 fully saturated rings. The van der Waals surface area contributed by atoms with Crippen molar-refractivity contribution in [2.24, 2.45) is 11.1 Å². The van der Waals surface area contributed by atoms with E-state index in [1.807, 2.05) is 0 Å². The first kappa shape index (κ1) is 17.9. The number of urea groups is 1. The average molecular weight is 352 g/mol. The van der Waals surface area contributed by atoms with Crippen LogP contribution >= 0.6 is 0 Å². The fourth-order valence-corrected chi connectivity index (χ4v) is 3.21. The average Bonchev–Trinajstić information content (AvgIpc) is 2.69. The molecule has 0 aromatic carbocycles. The minimum absolute atomic E-state index is 0.0936. The summed E-state index contributed by atoms with van der Waals surface area (Å²) in [5.41, 5.74) is 6.85. The number of fused-ring (bicyclic) bond motifs is 2. The molecule has 0 aliphatic carbocycles. The van der Waals surface area contributed by atoms with Gasteiger partial charge in [0.05, 0.1) is 12.6 Å². The second-order valence-electron chi connectivity index (χ2n) is 6.09. The van der Waals surface area contributed by atoms with Crippen LogP contribution < -0.4 is 11.2 Å². The highest BCUT2D eigenvalue weighted by atomic mass is 32.3. The molecule has 0 spiro atoms. The van der Waals surface area contributed by atoms with Gasteiger partial charge in [0.15, 0.2) is 0 Å². The molecule has 12 heteroatoms. The monoisotopic (exact) mass is 352 g/mol. The van der Waals surface area contributed by atoms with Crippen molar-refractivity contribution in [2.45, 2.75) is 32.4 Å². The number of piperidine rings is 1. The molecule has 2 aliphatic heterocycles. The molecule has 2 bridgehead atoms. The lowest BCUT2D eigenvalue weighted by atomic mass is 9.76. The summed E-state index contributed by atoms with van der Waals surface area (Å²) in [6.45, 7) is 3.98. The molecule has 0 saturated carbocycles. The Hall–Kier alpha value is -1.47. The molecule has 0 radical (unpaired) electrons. The summed E-state index contributed by atoms with van der Waals surface area (Å²) in [7, 11) is -4.85. The summed E-state index contributed by atoms with van der Waals surface area (Å²) >= 11 is 0. The van der Waals surface area contributed by atoms with Gasteiger partial charge in [0.25, 0.3) is 5.91 Å². The second kappa shape index (κ2) is 6.20. The highest BCUT2D eigenvalue weighted by Crippen LogP contribution is 2.42. The zero-order valence-corrected chi connectivity index (χ0v) is 13.6. The lowest BCUT2D eigenvalue weighted by Crippen LogP contribution is -2.54. The van der Waals surface area contributed by atoms with Crippen molar-refractivity contribution in [3.63, 3.8) is 0 Å². The van der Waals surface area contributed by atoms with Crippen LogP contribution in [-0.4, -0.2) is 66.7 Å². The van der Waals surface area contributed by atoms with Gasteiger partial charge in [-0.3, -0.25) is 14.2 Å². The molecule has 23 heavy (non-hydrogen) atoms. The Labute approximate surface area is 133 Å². The molecule has 2 heterocycles. The van der Waals surface area contributed by atoms with E-state index in [0.29, 0.717) is 5.06 Å². The molecule has 132 valence electrons. The van der Waals surface area contributed by atoms with Crippen LogP contribution in [0.1, 0.15) is 20.3 Å². The van der Waals surface area contributed by atoms with Gasteiger partial charge < -0.3 is 10.6 Å². The number of hydroxylamine groups is 3. The number of amides is 3. The van der Waals surface area contributed by atoms with Gasteiger partial charge in [-0.2, -0.15) is 13.5 Å². The summed E-state index contributed by atoms with van der Waals surface area (Å²) in [5.74, 6) is -0.535. The van der Waals surface area contributed by atoms with Gasteiger partial charge in [-0.25, -0.2) is 10.3 Å². The van der Waals surface area contributed by atoms with Crippen molar-refractivity contribution in [3.05, 3.63) is 0 Å². The molecule has 2 atom stereocenters.